The van der Waals surface area contributed by atoms with Crippen molar-refractivity contribution in [3.63, 3.8) is 0 Å². The molecule has 0 aliphatic rings. The fourth-order valence-electron chi connectivity index (χ4n) is 2.51. The lowest BCUT2D eigenvalue weighted by Gasteiger charge is -2.24. The van der Waals surface area contributed by atoms with Crippen LogP contribution in [0.1, 0.15) is 18.4 Å². The molecular weight excluding hydrogens is 431 g/mol. The van der Waals surface area contributed by atoms with Crippen LogP contribution >= 0.6 is 34.8 Å². The molecule has 0 saturated carbocycles. The molecular formula is C18H19Cl3N2O3S. The van der Waals surface area contributed by atoms with Crippen molar-refractivity contribution >= 4 is 62.1 Å². The Balaban J connectivity index is 2.02. The van der Waals surface area contributed by atoms with Gasteiger partial charge in [0, 0.05) is 23.7 Å². The number of amides is 1. The van der Waals surface area contributed by atoms with Gasteiger partial charge in [-0.15, -0.1) is 0 Å². The fourth-order valence-corrected chi connectivity index (χ4v) is 4.00. The van der Waals surface area contributed by atoms with Crippen LogP contribution in [0.4, 0.5) is 11.4 Å². The largest absolute Gasteiger partial charge is 0.326 e. The maximum absolute atomic E-state index is 12.2. The molecule has 0 spiro atoms. The molecule has 1 amide bonds. The van der Waals surface area contributed by atoms with E-state index in [0.29, 0.717) is 38.4 Å². The molecule has 5 nitrogen and oxygen atoms in total. The van der Waals surface area contributed by atoms with Crippen LogP contribution in [0, 0.1) is 6.92 Å². The Bertz CT molecular complexity index is 949. The molecule has 0 bridgehead atoms. The van der Waals surface area contributed by atoms with Gasteiger partial charge in [0.15, 0.2) is 0 Å². The number of carbonyl (C=O) groups excluding carboxylic acids is 1. The van der Waals surface area contributed by atoms with Gasteiger partial charge in [0.2, 0.25) is 15.9 Å². The number of nitrogens with zero attached hydrogens (tertiary/aromatic N) is 1. The number of hydrogen-bond donors (Lipinski definition) is 1. The molecule has 1 N–H and O–H groups in total. The highest BCUT2D eigenvalue weighted by Crippen LogP contribution is 2.28. The van der Waals surface area contributed by atoms with Crippen LogP contribution in [0.2, 0.25) is 15.1 Å². The Kier molecular flexibility index (Phi) is 7.40. The van der Waals surface area contributed by atoms with Gasteiger partial charge >= 0.3 is 0 Å². The topological polar surface area (TPSA) is 66.5 Å². The van der Waals surface area contributed by atoms with E-state index in [4.69, 9.17) is 34.8 Å². The molecule has 0 aliphatic carbocycles. The molecule has 0 heterocycles. The molecule has 146 valence electrons. The maximum atomic E-state index is 12.2. The van der Waals surface area contributed by atoms with Gasteiger partial charge in [-0.05, 0) is 49.2 Å². The van der Waals surface area contributed by atoms with E-state index >= 15 is 0 Å². The van der Waals surface area contributed by atoms with E-state index in [0.717, 1.165) is 6.26 Å². The van der Waals surface area contributed by atoms with Crippen LogP contribution in [-0.4, -0.2) is 27.1 Å². The smallest absolute Gasteiger partial charge is 0.232 e. The molecule has 0 saturated heterocycles. The Labute approximate surface area is 174 Å². The van der Waals surface area contributed by atoms with Gasteiger partial charge in [0.25, 0.3) is 0 Å². The zero-order chi connectivity index (χ0) is 20.2. The second-order valence-corrected chi connectivity index (χ2v) is 9.13. The molecule has 2 aromatic carbocycles. The lowest BCUT2D eigenvalue weighted by Crippen LogP contribution is -2.32. The van der Waals surface area contributed by atoms with Gasteiger partial charge in [0.1, 0.15) is 0 Å². The SMILES string of the molecule is Cc1c(Cl)cccc1N(CCCC(=O)Nc1ccc(Cl)c(Cl)c1)S(C)(=O)=O. The molecule has 0 unspecified atom stereocenters. The summed E-state index contributed by atoms with van der Waals surface area (Å²) in [6, 6.07) is 9.88. The van der Waals surface area contributed by atoms with Gasteiger partial charge in [0.05, 0.1) is 22.0 Å². The van der Waals surface area contributed by atoms with Crippen molar-refractivity contribution in [3.05, 3.63) is 57.0 Å². The van der Waals surface area contributed by atoms with Gasteiger partial charge in [-0.2, -0.15) is 0 Å². The summed E-state index contributed by atoms with van der Waals surface area (Å²) in [5, 5.41) is 3.94. The zero-order valence-corrected chi connectivity index (χ0v) is 17.9. The molecule has 2 rings (SSSR count). The summed E-state index contributed by atoms with van der Waals surface area (Å²) < 4.78 is 25.6. The number of anilines is 2. The predicted molar refractivity (Wildman–Crippen MR) is 113 cm³/mol. The average Bonchev–Trinajstić information content (AvgIpc) is 2.57. The molecule has 2 aromatic rings. The lowest BCUT2D eigenvalue weighted by molar-refractivity contribution is -0.116. The van der Waals surface area contributed by atoms with Crippen molar-refractivity contribution in [2.75, 3.05) is 22.4 Å². The minimum Gasteiger partial charge on any atom is -0.326 e. The summed E-state index contributed by atoms with van der Waals surface area (Å²) in [6.07, 6.45) is 1.61. The minimum atomic E-state index is -3.51. The van der Waals surface area contributed by atoms with Crippen LogP contribution in [0.15, 0.2) is 36.4 Å². The van der Waals surface area contributed by atoms with Crippen molar-refractivity contribution in [1.82, 2.24) is 0 Å². The Morgan fingerprint density at radius 1 is 1.07 bits per heavy atom. The van der Waals surface area contributed by atoms with Crippen molar-refractivity contribution < 1.29 is 13.2 Å². The minimum absolute atomic E-state index is 0.145. The van der Waals surface area contributed by atoms with E-state index in [2.05, 4.69) is 5.32 Å². The third kappa shape index (κ3) is 6.01. The van der Waals surface area contributed by atoms with Crippen LogP contribution in [0.3, 0.4) is 0 Å². The van der Waals surface area contributed by atoms with Gasteiger partial charge in [-0.25, -0.2) is 8.42 Å². The summed E-state index contributed by atoms with van der Waals surface area (Å²) in [6.45, 7) is 1.92. The highest BCUT2D eigenvalue weighted by molar-refractivity contribution is 7.92. The first-order valence-corrected chi connectivity index (χ1v) is 11.1. The van der Waals surface area contributed by atoms with Gasteiger partial charge in [-0.1, -0.05) is 40.9 Å². The first-order valence-electron chi connectivity index (χ1n) is 8.07. The first kappa shape index (κ1) is 21.8. The number of nitrogens with one attached hydrogen (secondary N) is 1. The van der Waals surface area contributed by atoms with E-state index in [9.17, 15) is 13.2 Å². The predicted octanol–water partition coefficient (Wildman–Crippen LogP) is 5.14. The second kappa shape index (κ2) is 9.15. The van der Waals surface area contributed by atoms with Crippen molar-refractivity contribution in [2.45, 2.75) is 19.8 Å². The van der Waals surface area contributed by atoms with E-state index < -0.39 is 10.0 Å². The fraction of sp³-hybridized carbons (Fsp3) is 0.278. The Hall–Kier alpha value is -1.47. The number of benzene rings is 2. The third-order valence-electron chi connectivity index (χ3n) is 3.88. The van der Waals surface area contributed by atoms with E-state index in [1.165, 1.54) is 4.31 Å². The molecule has 0 fully saturated rings. The second-order valence-electron chi connectivity index (χ2n) is 6.00. The first-order chi connectivity index (χ1) is 12.6. The number of sulfonamides is 1. The molecule has 27 heavy (non-hydrogen) atoms. The lowest BCUT2D eigenvalue weighted by atomic mass is 10.2. The van der Waals surface area contributed by atoms with Gasteiger partial charge < -0.3 is 5.32 Å². The van der Waals surface area contributed by atoms with E-state index in [1.807, 2.05) is 0 Å². The Morgan fingerprint density at radius 3 is 2.41 bits per heavy atom. The quantitative estimate of drug-likeness (QED) is 0.636. The normalized spacial score (nSPS) is 11.3. The van der Waals surface area contributed by atoms with Crippen LogP contribution < -0.4 is 9.62 Å². The number of carbonyl (C=O) groups is 1. The summed E-state index contributed by atoms with van der Waals surface area (Å²) in [4.78, 5) is 12.1. The van der Waals surface area contributed by atoms with Crippen LogP contribution in [0.5, 0.6) is 0 Å². The van der Waals surface area contributed by atoms with Crippen molar-refractivity contribution in [3.8, 4) is 0 Å². The molecule has 0 aliphatic heterocycles. The van der Waals surface area contributed by atoms with Crippen LogP contribution in [0.25, 0.3) is 0 Å². The highest BCUT2D eigenvalue weighted by Gasteiger charge is 2.20. The van der Waals surface area contributed by atoms with Crippen molar-refractivity contribution in [2.24, 2.45) is 0 Å². The van der Waals surface area contributed by atoms with Crippen LogP contribution in [-0.2, 0) is 14.8 Å². The monoisotopic (exact) mass is 448 g/mol. The van der Waals surface area contributed by atoms with E-state index in [1.54, 1.807) is 43.3 Å². The summed E-state index contributed by atoms with van der Waals surface area (Å²) >= 11 is 17.9. The number of hydrogen-bond acceptors (Lipinski definition) is 3. The third-order valence-corrected chi connectivity index (χ3v) is 6.20. The summed E-state index contributed by atoms with van der Waals surface area (Å²) in [5.41, 5.74) is 1.71. The summed E-state index contributed by atoms with van der Waals surface area (Å²) in [5.74, 6) is -0.246. The Morgan fingerprint density at radius 2 is 1.78 bits per heavy atom. The number of rotatable bonds is 7. The zero-order valence-electron chi connectivity index (χ0n) is 14.8. The summed E-state index contributed by atoms with van der Waals surface area (Å²) in [7, 11) is -3.51. The molecule has 9 heteroatoms. The maximum Gasteiger partial charge on any atom is 0.232 e. The molecule has 0 radical (unpaired) electrons. The van der Waals surface area contributed by atoms with E-state index in [-0.39, 0.29) is 18.9 Å². The van der Waals surface area contributed by atoms with Gasteiger partial charge in [-0.3, -0.25) is 9.10 Å². The van der Waals surface area contributed by atoms with Crippen molar-refractivity contribution in [1.29, 1.82) is 0 Å². The molecule has 0 atom stereocenters. The highest BCUT2D eigenvalue weighted by atomic mass is 35.5. The standard InChI is InChI=1S/C18H19Cl3N2O3S/c1-12-14(19)5-3-6-17(12)23(27(2,25)26)10-4-7-18(24)22-13-8-9-15(20)16(21)11-13/h3,5-6,8-9,11H,4,7,10H2,1-2H3,(H,22,24). The average molecular weight is 450 g/mol. The molecule has 0 aromatic heterocycles. The number of halogens is 3.